The van der Waals surface area contributed by atoms with Crippen LogP contribution < -0.4 is 4.57 Å². The van der Waals surface area contributed by atoms with Gasteiger partial charge in [-0.3, -0.25) is 0 Å². The Kier molecular flexibility index (Phi) is 8.34. The van der Waals surface area contributed by atoms with E-state index < -0.39 is 15.9 Å². The van der Waals surface area contributed by atoms with Crippen LogP contribution in [0.1, 0.15) is 33.6 Å². The predicted octanol–water partition coefficient (Wildman–Crippen LogP) is 1.61. The summed E-state index contributed by atoms with van der Waals surface area (Å²) in [7, 11) is -2.00. The highest BCUT2D eigenvalue weighted by Gasteiger charge is 1.96. The minimum absolute atomic E-state index is 0.394. The molecular formula is C13H24N2O3S. The van der Waals surface area contributed by atoms with Gasteiger partial charge >= 0.3 is 0 Å². The van der Waals surface area contributed by atoms with Crippen LogP contribution in [0.3, 0.4) is 0 Å². The van der Waals surface area contributed by atoms with Crippen LogP contribution in [0.15, 0.2) is 30.4 Å². The molecule has 0 amide bonds. The van der Waals surface area contributed by atoms with Crippen molar-refractivity contribution in [3.63, 3.8) is 0 Å². The molecule has 1 aromatic heterocycles. The van der Waals surface area contributed by atoms with Crippen molar-refractivity contribution in [1.82, 2.24) is 4.57 Å². The summed E-state index contributed by atoms with van der Waals surface area (Å²) >= 11 is 0. The van der Waals surface area contributed by atoms with E-state index in [0.717, 1.165) is 12.1 Å². The molecule has 110 valence electrons. The molecular weight excluding hydrogens is 264 g/mol. The lowest BCUT2D eigenvalue weighted by Crippen LogP contribution is -2.30. The molecule has 1 aromatic rings. The van der Waals surface area contributed by atoms with Crippen molar-refractivity contribution in [2.45, 2.75) is 40.2 Å². The van der Waals surface area contributed by atoms with Gasteiger partial charge in [0.15, 0.2) is 0 Å². The minimum Gasteiger partial charge on any atom is -0.748 e. The van der Waals surface area contributed by atoms with Crippen LogP contribution in [-0.2, 0) is 23.7 Å². The van der Waals surface area contributed by atoms with Gasteiger partial charge in [-0.05, 0) is 20.3 Å². The number of allylic oxidation sites excluding steroid dienone is 1. The van der Waals surface area contributed by atoms with Crippen molar-refractivity contribution in [2.24, 2.45) is 7.05 Å². The Morgan fingerprint density at radius 1 is 1.42 bits per heavy atom. The van der Waals surface area contributed by atoms with Crippen LogP contribution in [0.5, 0.6) is 0 Å². The van der Waals surface area contributed by atoms with E-state index in [4.69, 9.17) is 0 Å². The van der Waals surface area contributed by atoms with E-state index in [-0.39, 0.29) is 0 Å². The van der Waals surface area contributed by atoms with Crippen LogP contribution in [0.4, 0.5) is 0 Å². The number of aryl methyl sites for hydroxylation is 2. The summed E-state index contributed by atoms with van der Waals surface area (Å²) in [6, 6.07) is 0. The van der Waals surface area contributed by atoms with Gasteiger partial charge in [0.25, 0.3) is 0 Å². The second-order valence-corrected chi connectivity index (χ2v) is 6.12. The molecule has 0 spiro atoms. The Morgan fingerprint density at radius 3 is 2.37 bits per heavy atom. The Morgan fingerprint density at radius 2 is 2.05 bits per heavy atom. The summed E-state index contributed by atoms with van der Waals surface area (Å²) < 4.78 is 34.1. The molecule has 0 aliphatic rings. The van der Waals surface area contributed by atoms with Gasteiger partial charge in [-0.2, -0.15) is 0 Å². The third-order valence-electron chi connectivity index (χ3n) is 2.29. The van der Waals surface area contributed by atoms with Crippen LogP contribution in [0.2, 0.25) is 0 Å². The lowest BCUT2D eigenvalue weighted by Gasteiger charge is -2.01. The first-order valence-electron chi connectivity index (χ1n) is 6.32. The zero-order valence-electron chi connectivity index (χ0n) is 12.2. The summed E-state index contributed by atoms with van der Waals surface area (Å²) in [5, 5.41) is 0. The number of imidazole rings is 1. The van der Waals surface area contributed by atoms with Gasteiger partial charge < -0.3 is 4.55 Å². The Balaban J connectivity index is 0.000000344. The first-order chi connectivity index (χ1) is 8.74. The maximum atomic E-state index is 9.94. The number of unbranched alkanes of at least 4 members (excludes halogenated alkanes) is 1. The Labute approximate surface area is 116 Å². The van der Waals surface area contributed by atoms with E-state index in [1.165, 1.54) is 18.9 Å². The minimum atomic E-state index is -4.05. The highest BCUT2D eigenvalue weighted by atomic mass is 32.2. The molecule has 0 saturated carbocycles. The van der Waals surface area contributed by atoms with Gasteiger partial charge in [0, 0.05) is 0 Å². The molecule has 19 heavy (non-hydrogen) atoms. The third kappa shape index (κ3) is 11.7. The molecule has 0 aromatic carbocycles. The summed E-state index contributed by atoms with van der Waals surface area (Å²) in [6.07, 6.45) is 10.2. The lowest BCUT2D eigenvalue weighted by atomic mass is 10.3. The van der Waals surface area contributed by atoms with Crippen LogP contribution in [-0.4, -0.2) is 23.3 Å². The highest BCUT2D eigenvalue weighted by Crippen LogP contribution is 1.90. The van der Waals surface area contributed by atoms with Gasteiger partial charge in [-0.1, -0.05) is 25.0 Å². The molecule has 0 aliphatic heterocycles. The van der Waals surface area contributed by atoms with Crippen molar-refractivity contribution >= 4 is 10.1 Å². The first kappa shape index (κ1) is 17.9. The molecule has 6 heteroatoms. The maximum absolute atomic E-state index is 9.94. The van der Waals surface area contributed by atoms with Crippen molar-refractivity contribution < 1.29 is 17.5 Å². The molecule has 0 aliphatic carbocycles. The summed E-state index contributed by atoms with van der Waals surface area (Å²) in [6.45, 7) is 6.84. The van der Waals surface area contributed by atoms with Gasteiger partial charge in [0.05, 0.1) is 29.5 Å². The topological polar surface area (TPSA) is 66.0 Å². The van der Waals surface area contributed by atoms with Crippen molar-refractivity contribution in [2.75, 3.05) is 5.75 Å². The number of hydrogen-bond donors (Lipinski definition) is 0. The number of hydrogen-bond acceptors (Lipinski definition) is 3. The molecule has 0 radical (unpaired) electrons. The molecule has 1 rings (SSSR count). The number of aromatic nitrogens is 2. The van der Waals surface area contributed by atoms with E-state index >= 15 is 0 Å². The Bertz CT molecular complexity index is 486. The van der Waals surface area contributed by atoms with Crippen molar-refractivity contribution in [1.29, 1.82) is 0 Å². The fourth-order valence-electron chi connectivity index (χ4n) is 1.24. The predicted molar refractivity (Wildman–Crippen MR) is 74.5 cm³/mol. The molecule has 0 bridgehead atoms. The number of nitrogens with zero attached hydrogens (tertiary/aromatic N) is 2. The normalized spacial score (nSPS) is 10.6. The van der Waals surface area contributed by atoms with Crippen molar-refractivity contribution in [3.8, 4) is 0 Å². The second-order valence-electron chi connectivity index (χ2n) is 4.68. The van der Waals surface area contributed by atoms with Gasteiger partial charge in [0.2, 0.25) is 6.33 Å². The monoisotopic (exact) mass is 288 g/mol. The average molecular weight is 288 g/mol. The Hall–Kier alpha value is -1.14. The largest absolute Gasteiger partial charge is 0.748 e. The zero-order chi connectivity index (χ0) is 14.9. The third-order valence-corrected chi connectivity index (χ3v) is 2.86. The van der Waals surface area contributed by atoms with E-state index in [1.54, 1.807) is 13.8 Å². The molecule has 0 fully saturated rings. The zero-order valence-corrected chi connectivity index (χ0v) is 13.0. The molecule has 0 N–H and O–H groups in total. The fraction of sp³-hybridized carbons (Fsp3) is 0.615. The van der Waals surface area contributed by atoms with Crippen LogP contribution >= 0.6 is 0 Å². The molecule has 5 nitrogen and oxygen atoms in total. The molecule has 0 atom stereocenters. The van der Waals surface area contributed by atoms with Crippen LogP contribution in [0.25, 0.3) is 0 Å². The SMILES string of the molecule is CC(C)=CCS(=O)(=O)[O-].CCCC[n+]1ccn(C)c1. The van der Waals surface area contributed by atoms with E-state index in [2.05, 4.69) is 34.8 Å². The fourth-order valence-corrected chi connectivity index (χ4v) is 1.78. The van der Waals surface area contributed by atoms with E-state index in [9.17, 15) is 13.0 Å². The molecule has 0 saturated heterocycles. The smallest absolute Gasteiger partial charge is 0.243 e. The summed E-state index contributed by atoms with van der Waals surface area (Å²) in [5.74, 6) is -0.394. The molecule has 0 unspecified atom stereocenters. The van der Waals surface area contributed by atoms with Gasteiger partial charge in [-0.25, -0.2) is 17.6 Å². The lowest BCUT2D eigenvalue weighted by molar-refractivity contribution is -0.696. The maximum Gasteiger partial charge on any atom is 0.243 e. The van der Waals surface area contributed by atoms with Crippen LogP contribution in [0, 0.1) is 0 Å². The van der Waals surface area contributed by atoms with Crippen molar-refractivity contribution in [3.05, 3.63) is 30.4 Å². The first-order valence-corrected chi connectivity index (χ1v) is 7.90. The average Bonchev–Trinajstić information content (AvgIpc) is 2.70. The summed E-state index contributed by atoms with van der Waals surface area (Å²) in [4.78, 5) is 0. The second kappa shape index (κ2) is 8.87. The quantitative estimate of drug-likeness (QED) is 0.470. The van der Waals surface area contributed by atoms with E-state index in [1.807, 2.05) is 7.05 Å². The molecule has 1 heterocycles. The summed E-state index contributed by atoms with van der Waals surface area (Å²) in [5.41, 5.74) is 0.842. The standard InChI is InChI=1S/C8H15N2.C5H10O3S/c1-3-4-5-10-7-6-9(2)8-10;1-5(2)3-4-9(6,7)8/h6-8H,3-5H2,1-2H3;3H,4H2,1-2H3,(H,6,7,8)/q+1;/p-1. The number of rotatable bonds is 5. The van der Waals surface area contributed by atoms with Gasteiger partial charge in [0.1, 0.15) is 12.4 Å². The highest BCUT2D eigenvalue weighted by molar-refractivity contribution is 7.85. The van der Waals surface area contributed by atoms with Gasteiger partial charge in [-0.15, -0.1) is 0 Å². The van der Waals surface area contributed by atoms with E-state index in [0.29, 0.717) is 0 Å².